The van der Waals surface area contributed by atoms with Gasteiger partial charge in [-0.3, -0.25) is 4.99 Å². The SMILES string of the molecule is CN=C(NCc1nccn1CC(F)(F)F)N1CCSC(C)(C)C1. The highest BCUT2D eigenvalue weighted by Crippen LogP contribution is 2.29. The Morgan fingerprint density at radius 1 is 1.48 bits per heavy atom. The fraction of sp³-hybridized carbons (Fsp3) is 0.714. The number of guanidine groups is 1. The van der Waals surface area contributed by atoms with Gasteiger partial charge in [0, 0.05) is 43.0 Å². The minimum atomic E-state index is -4.26. The lowest BCUT2D eigenvalue weighted by Crippen LogP contribution is -2.50. The van der Waals surface area contributed by atoms with Gasteiger partial charge < -0.3 is 14.8 Å². The van der Waals surface area contributed by atoms with E-state index in [-0.39, 0.29) is 11.3 Å². The zero-order valence-electron chi connectivity index (χ0n) is 13.5. The highest BCUT2D eigenvalue weighted by Gasteiger charge is 2.30. The molecule has 5 nitrogen and oxygen atoms in total. The van der Waals surface area contributed by atoms with Crippen LogP contribution in [0.15, 0.2) is 17.4 Å². The first kappa shape index (κ1) is 18.0. The van der Waals surface area contributed by atoms with Gasteiger partial charge in [-0.2, -0.15) is 24.9 Å². The highest BCUT2D eigenvalue weighted by molar-refractivity contribution is 8.00. The second-order valence-electron chi connectivity index (χ2n) is 6.02. The summed E-state index contributed by atoms with van der Waals surface area (Å²) in [6.07, 6.45) is -1.54. The molecule has 0 spiro atoms. The van der Waals surface area contributed by atoms with E-state index < -0.39 is 12.7 Å². The van der Waals surface area contributed by atoms with Crippen molar-refractivity contribution in [1.29, 1.82) is 0 Å². The van der Waals surface area contributed by atoms with Crippen molar-refractivity contribution in [3.05, 3.63) is 18.2 Å². The van der Waals surface area contributed by atoms with Gasteiger partial charge in [0.05, 0.1) is 6.54 Å². The average molecular weight is 349 g/mol. The minimum Gasteiger partial charge on any atom is -0.349 e. The maximum Gasteiger partial charge on any atom is 0.406 e. The second-order valence-corrected chi connectivity index (χ2v) is 7.82. The molecule has 0 atom stereocenters. The monoisotopic (exact) mass is 349 g/mol. The number of aliphatic imine (C=N–C) groups is 1. The second kappa shape index (κ2) is 7.02. The van der Waals surface area contributed by atoms with Gasteiger partial charge in [0.1, 0.15) is 12.4 Å². The maximum atomic E-state index is 12.5. The third-order valence-electron chi connectivity index (χ3n) is 3.49. The third-order valence-corrected chi connectivity index (χ3v) is 4.79. The van der Waals surface area contributed by atoms with E-state index in [9.17, 15) is 13.2 Å². The normalized spacial score (nSPS) is 19.0. The average Bonchev–Trinajstić information content (AvgIpc) is 2.83. The van der Waals surface area contributed by atoms with Crippen molar-refractivity contribution in [1.82, 2.24) is 19.8 Å². The molecule has 0 bridgehead atoms. The van der Waals surface area contributed by atoms with Crippen LogP contribution < -0.4 is 5.32 Å². The van der Waals surface area contributed by atoms with Crippen molar-refractivity contribution >= 4 is 17.7 Å². The van der Waals surface area contributed by atoms with Crippen LogP contribution in [0.25, 0.3) is 0 Å². The number of imidazole rings is 1. The van der Waals surface area contributed by atoms with Crippen LogP contribution in [0.3, 0.4) is 0 Å². The van der Waals surface area contributed by atoms with Gasteiger partial charge in [0.25, 0.3) is 0 Å². The van der Waals surface area contributed by atoms with Gasteiger partial charge in [-0.25, -0.2) is 4.98 Å². The molecule has 0 saturated carbocycles. The largest absolute Gasteiger partial charge is 0.406 e. The zero-order chi connectivity index (χ0) is 17.1. The van der Waals surface area contributed by atoms with Crippen LogP contribution in [0.2, 0.25) is 0 Å². The first-order valence-corrected chi connectivity index (χ1v) is 8.35. The molecule has 2 heterocycles. The third kappa shape index (κ3) is 5.33. The number of hydrogen-bond donors (Lipinski definition) is 1. The molecule has 1 fully saturated rings. The molecule has 2 rings (SSSR count). The topological polar surface area (TPSA) is 45.5 Å². The first-order chi connectivity index (χ1) is 10.7. The van der Waals surface area contributed by atoms with E-state index >= 15 is 0 Å². The van der Waals surface area contributed by atoms with E-state index in [2.05, 4.69) is 34.0 Å². The number of thioether (sulfide) groups is 1. The van der Waals surface area contributed by atoms with E-state index in [1.54, 1.807) is 7.05 Å². The molecular weight excluding hydrogens is 327 g/mol. The minimum absolute atomic E-state index is 0.130. The Balaban J connectivity index is 1.98. The molecule has 1 aromatic rings. The lowest BCUT2D eigenvalue weighted by Gasteiger charge is -2.39. The number of nitrogens with zero attached hydrogens (tertiary/aromatic N) is 4. The maximum absolute atomic E-state index is 12.5. The van der Waals surface area contributed by atoms with E-state index in [4.69, 9.17) is 0 Å². The molecule has 0 amide bonds. The van der Waals surface area contributed by atoms with E-state index in [0.29, 0.717) is 11.8 Å². The number of nitrogens with one attached hydrogen (secondary N) is 1. The van der Waals surface area contributed by atoms with E-state index in [1.165, 1.54) is 12.4 Å². The van der Waals surface area contributed by atoms with Crippen LogP contribution in [-0.2, 0) is 13.1 Å². The molecule has 130 valence electrons. The predicted octanol–water partition coefficient (Wildman–Crippen LogP) is 2.35. The number of aromatic nitrogens is 2. The molecule has 0 aliphatic carbocycles. The molecule has 0 radical (unpaired) electrons. The van der Waals surface area contributed by atoms with Crippen LogP contribution in [0.5, 0.6) is 0 Å². The summed E-state index contributed by atoms with van der Waals surface area (Å²) in [5, 5.41) is 3.12. The molecule has 1 aliphatic heterocycles. The molecule has 1 aromatic heterocycles. The molecule has 9 heteroatoms. The summed E-state index contributed by atoms with van der Waals surface area (Å²) in [6, 6.07) is 0. The van der Waals surface area contributed by atoms with Crippen LogP contribution in [0.4, 0.5) is 13.2 Å². The Morgan fingerprint density at radius 2 is 2.22 bits per heavy atom. The lowest BCUT2D eigenvalue weighted by atomic mass is 10.2. The van der Waals surface area contributed by atoms with Gasteiger partial charge in [-0.15, -0.1) is 0 Å². The van der Waals surface area contributed by atoms with Crippen LogP contribution in [-0.4, -0.2) is 57.2 Å². The number of rotatable bonds is 3. The number of alkyl halides is 3. The molecule has 1 saturated heterocycles. The van der Waals surface area contributed by atoms with E-state index in [1.807, 2.05) is 11.8 Å². The van der Waals surface area contributed by atoms with Crippen molar-refractivity contribution in [2.75, 3.05) is 25.9 Å². The van der Waals surface area contributed by atoms with Crippen LogP contribution in [0.1, 0.15) is 19.7 Å². The summed E-state index contributed by atoms with van der Waals surface area (Å²) in [5.74, 6) is 2.03. The summed E-state index contributed by atoms with van der Waals surface area (Å²) in [7, 11) is 1.68. The van der Waals surface area contributed by atoms with Gasteiger partial charge in [-0.1, -0.05) is 0 Å². The van der Waals surface area contributed by atoms with Crippen molar-refractivity contribution in [3.8, 4) is 0 Å². The Hall–Kier alpha value is -1.38. The molecule has 0 aromatic carbocycles. The van der Waals surface area contributed by atoms with Crippen molar-refractivity contribution in [3.63, 3.8) is 0 Å². The van der Waals surface area contributed by atoms with Gasteiger partial charge >= 0.3 is 6.18 Å². The Bertz CT molecular complexity index is 553. The van der Waals surface area contributed by atoms with Gasteiger partial charge in [0.2, 0.25) is 0 Å². The summed E-state index contributed by atoms with van der Waals surface area (Å²) in [6.45, 7) is 5.23. The Kier molecular flexibility index (Phi) is 5.49. The van der Waals surface area contributed by atoms with Crippen molar-refractivity contribution in [2.45, 2.75) is 37.9 Å². The van der Waals surface area contributed by atoms with Crippen molar-refractivity contribution in [2.24, 2.45) is 4.99 Å². The zero-order valence-corrected chi connectivity index (χ0v) is 14.3. The fourth-order valence-corrected chi connectivity index (χ4v) is 3.64. The van der Waals surface area contributed by atoms with E-state index in [0.717, 1.165) is 23.4 Å². The lowest BCUT2D eigenvalue weighted by molar-refractivity contribution is -0.141. The smallest absolute Gasteiger partial charge is 0.349 e. The van der Waals surface area contributed by atoms with Gasteiger partial charge in [0.15, 0.2) is 5.96 Å². The summed E-state index contributed by atoms with van der Waals surface area (Å²) in [5.41, 5.74) is 0. The molecular formula is C14H22F3N5S. The van der Waals surface area contributed by atoms with Crippen LogP contribution >= 0.6 is 11.8 Å². The summed E-state index contributed by atoms with van der Waals surface area (Å²) >= 11 is 1.91. The summed E-state index contributed by atoms with van der Waals surface area (Å²) < 4.78 is 38.8. The standard InChI is InChI=1S/C14H22F3N5S/c1-13(2)9-22(6-7-23-13)12(18-3)20-8-11-19-4-5-21(11)10-14(15,16)17/h4-5H,6-10H2,1-3H3,(H,18,20). The predicted molar refractivity (Wildman–Crippen MR) is 86.6 cm³/mol. The molecule has 1 N–H and O–H groups in total. The van der Waals surface area contributed by atoms with Crippen LogP contribution in [0, 0.1) is 0 Å². The number of hydrogen-bond acceptors (Lipinski definition) is 3. The summed E-state index contributed by atoms with van der Waals surface area (Å²) in [4.78, 5) is 10.4. The molecule has 23 heavy (non-hydrogen) atoms. The van der Waals surface area contributed by atoms with Gasteiger partial charge in [-0.05, 0) is 13.8 Å². The Morgan fingerprint density at radius 3 is 2.83 bits per heavy atom. The number of halogens is 3. The molecule has 0 unspecified atom stereocenters. The molecule has 1 aliphatic rings. The fourth-order valence-electron chi connectivity index (χ4n) is 2.53. The quantitative estimate of drug-likeness (QED) is 0.672. The first-order valence-electron chi connectivity index (χ1n) is 7.36. The van der Waals surface area contributed by atoms with Crippen molar-refractivity contribution < 1.29 is 13.2 Å². The highest BCUT2D eigenvalue weighted by atomic mass is 32.2. The Labute approximate surface area is 138 Å².